The third kappa shape index (κ3) is 8.21. The van der Waals surface area contributed by atoms with Gasteiger partial charge in [0, 0.05) is 20.1 Å². The molecular formula is C15H26FIN4. The van der Waals surface area contributed by atoms with Crippen LogP contribution in [0, 0.1) is 12.7 Å². The van der Waals surface area contributed by atoms with Crippen LogP contribution in [0.1, 0.15) is 17.5 Å². The van der Waals surface area contributed by atoms with Crippen LogP contribution < -0.4 is 10.6 Å². The normalized spacial score (nSPS) is 11.2. The molecule has 0 fully saturated rings. The van der Waals surface area contributed by atoms with Crippen molar-refractivity contribution in [3.05, 3.63) is 35.1 Å². The molecule has 0 aliphatic carbocycles. The number of guanidine groups is 1. The van der Waals surface area contributed by atoms with E-state index in [0.717, 1.165) is 31.0 Å². The molecule has 120 valence electrons. The number of halogens is 2. The Morgan fingerprint density at radius 2 is 2.00 bits per heavy atom. The molecule has 0 atom stereocenters. The quantitative estimate of drug-likeness (QED) is 0.329. The summed E-state index contributed by atoms with van der Waals surface area (Å²) in [5.41, 5.74) is 1.57. The van der Waals surface area contributed by atoms with E-state index in [1.54, 1.807) is 26.1 Å². The minimum absolute atomic E-state index is 0. The Hall–Kier alpha value is -0.890. The second kappa shape index (κ2) is 10.8. The third-order valence-corrected chi connectivity index (χ3v) is 2.99. The third-order valence-electron chi connectivity index (χ3n) is 2.99. The zero-order valence-corrected chi connectivity index (χ0v) is 15.6. The van der Waals surface area contributed by atoms with E-state index in [9.17, 15) is 4.39 Å². The summed E-state index contributed by atoms with van der Waals surface area (Å²) in [5, 5.41) is 6.42. The largest absolute Gasteiger partial charge is 0.356 e. The standard InChI is InChI=1S/C15H25FN4.HI/c1-12-6-7-13(10-14(12)16)11-19-15(17-2)18-8-5-9-20(3)4;/h6-7,10H,5,8-9,11H2,1-4H3,(H2,17,18,19);1H. The molecule has 2 N–H and O–H groups in total. The number of nitrogens with one attached hydrogen (secondary N) is 2. The second-order valence-electron chi connectivity index (χ2n) is 5.09. The highest BCUT2D eigenvalue weighted by atomic mass is 127. The van der Waals surface area contributed by atoms with E-state index in [0.29, 0.717) is 12.1 Å². The van der Waals surface area contributed by atoms with Gasteiger partial charge in [-0.2, -0.15) is 0 Å². The fourth-order valence-electron chi connectivity index (χ4n) is 1.75. The van der Waals surface area contributed by atoms with Crippen molar-refractivity contribution in [3.63, 3.8) is 0 Å². The highest BCUT2D eigenvalue weighted by molar-refractivity contribution is 14.0. The van der Waals surface area contributed by atoms with Crippen LogP contribution in [0.2, 0.25) is 0 Å². The fourth-order valence-corrected chi connectivity index (χ4v) is 1.75. The number of hydrogen-bond donors (Lipinski definition) is 2. The smallest absolute Gasteiger partial charge is 0.191 e. The lowest BCUT2D eigenvalue weighted by atomic mass is 10.1. The predicted octanol–water partition coefficient (Wildman–Crippen LogP) is 2.37. The van der Waals surface area contributed by atoms with Crippen molar-refractivity contribution >= 4 is 29.9 Å². The maximum Gasteiger partial charge on any atom is 0.191 e. The zero-order chi connectivity index (χ0) is 15.0. The first-order valence-corrected chi connectivity index (χ1v) is 6.87. The van der Waals surface area contributed by atoms with Gasteiger partial charge >= 0.3 is 0 Å². The van der Waals surface area contributed by atoms with Gasteiger partial charge in [0.1, 0.15) is 5.82 Å². The van der Waals surface area contributed by atoms with E-state index in [1.807, 2.05) is 6.07 Å². The Labute approximate surface area is 144 Å². The molecule has 21 heavy (non-hydrogen) atoms. The average molecular weight is 408 g/mol. The molecule has 0 heterocycles. The Morgan fingerprint density at radius 3 is 2.57 bits per heavy atom. The number of benzene rings is 1. The molecule has 0 saturated carbocycles. The SMILES string of the molecule is CN=C(NCCCN(C)C)NCc1ccc(C)c(F)c1.I. The van der Waals surface area contributed by atoms with Gasteiger partial charge in [0.05, 0.1) is 0 Å². The zero-order valence-electron chi connectivity index (χ0n) is 13.2. The number of nitrogens with zero attached hydrogens (tertiary/aromatic N) is 2. The van der Waals surface area contributed by atoms with Crippen molar-refractivity contribution in [2.45, 2.75) is 19.9 Å². The minimum atomic E-state index is -0.168. The number of hydrogen-bond acceptors (Lipinski definition) is 2. The van der Waals surface area contributed by atoms with Crippen molar-refractivity contribution in [2.75, 3.05) is 34.2 Å². The Kier molecular flexibility index (Phi) is 10.3. The van der Waals surface area contributed by atoms with E-state index < -0.39 is 0 Å². The van der Waals surface area contributed by atoms with Crippen molar-refractivity contribution in [3.8, 4) is 0 Å². The summed E-state index contributed by atoms with van der Waals surface area (Å²) in [6.45, 7) is 4.22. The summed E-state index contributed by atoms with van der Waals surface area (Å²) >= 11 is 0. The first kappa shape index (κ1) is 20.1. The maximum atomic E-state index is 13.4. The van der Waals surface area contributed by atoms with Crippen molar-refractivity contribution < 1.29 is 4.39 Å². The van der Waals surface area contributed by atoms with Crippen LogP contribution in [0.3, 0.4) is 0 Å². The minimum Gasteiger partial charge on any atom is -0.356 e. The van der Waals surface area contributed by atoms with Crippen LogP contribution in [-0.4, -0.2) is 45.1 Å². The Bertz CT molecular complexity index is 449. The number of aryl methyl sites for hydroxylation is 1. The summed E-state index contributed by atoms with van der Waals surface area (Å²) < 4.78 is 13.4. The summed E-state index contributed by atoms with van der Waals surface area (Å²) in [6, 6.07) is 5.27. The van der Waals surface area contributed by atoms with Gasteiger partial charge in [-0.15, -0.1) is 24.0 Å². The molecule has 0 spiro atoms. The van der Waals surface area contributed by atoms with E-state index in [1.165, 1.54) is 0 Å². The topological polar surface area (TPSA) is 39.7 Å². The Balaban J connectivity index is 0.00000400. The van der Waals surface area contributed by atoms with Crippen LogP contribution in [0.15, 0.2) is 23.2 Å². The molecule has 0 amide bonds. The van der Waals surface area contributed by atoms with Crippen molar-refractivity contribution in [1.82, 2.24) is 15.5 Å². The van der Waals surface area contributed by atoms with Gasteiger partial charge in [0.25, 0.3) is 0 Å². The average Bonchev–Trinajstić information content (AvgIpc) is 2.41. The monoisotopic (exact) mass is 408 g/mol. The van der Waals surface area contributed by atoms with Crippen LogP contribution in [0.5, 0.6) is 0 Å². The van der Waals surface area contributed by atoms with Gasteiger partial charge in [0.15, 0.2) is 5.96 Å². The highest BCUT2D eigenvalue weighted by Gasteiger charge is 2.01. The number of rotatable bonds is 6. The summed E-state index contributed by atoms with van der Waals surface area (Å²) in [6.07, 6.45) is 1.05. The van der Waals surface area contributed by atoms with Crippen molar-refractivity contribution in [1.29, 1.82) is 0 Å². The maximum absolute atomic E-state index is 13.4. The van der Waals surface area contributed by atoms with Crippen LogP contribution in [0.25, 0.3) is 0 Å². The lowest BCUT2D eigenvalue weighted by Crippen LogP contribution is -2.38. The summed E-state index contributed by atoms with van der Waals surface area (Å²) in [5.74, 6) is 0.572. The van der Waals surface area contributed by atoms with Crippen LogP contribution in [-0.2, 0) is 6.54 Å². The molecule has 0 aromatic heterocycles. The second-order valence-corrected chi connectivity index (χ2v) is 5.09. The lowest BCUT2D eigenvalue weighted by Gasteiger charge is -2.13. The van der Waals surface area contributed by atoms with E-state index in [4.69, 9.17) is 0 Å². The van der Waals surface area contributed by atoms with Gasteiger partial charge in [0.2, 0.25) is 0 Å². The fraction of sp³-hybridized carbons (Fsp3) is 0.533. The van der Waals surface area contributed by atoms with Gasteiger partial charge in [-0.25, -0.2) is 4.39 Å². The van der Waals surface area contributed by atoms with Gasteiger partial charge in [-0.3, -0.25) is 4.99 Å². The van der Waals surface area contributed by atoms with Gasteiger partial charge in [-0.05, 0) is 51.2 Å². The molecule has 1 aromatic carbocycles. The van der Waals surface area contributed by atoms with E-state index in [2.05, 4.69) is 34.6 Å². The predicted molar refractivity (Wildman–Crippen MR) is 97.9 cm³/mol. The van der Waals surface area contributed by atoms with Gasteiger partial charge in [-0.1, -0.05) is 12.1 Å². The van der Waals surface area contributed by atoms with E-state index >= 15 is 0 Å². The van der Waals surface area contributed by atoms with Gasteiger partial charge < -0.3 is 15.5 Å². The summed E-state index contributed by atoms with van der Waals surface area (Å²) in [7, 11) is 5.84. The molecule has 0 radical (unpaired) electrons. The lowest BCUT2D eigenvalue weighted by molar-refractivity contribution is 0.399. The molecule has 4 nitrogen and oxygen atoms in total. The molecule has 0 saturated heterocycles. The molecular weight excluding hydrogens is 382 g/mol. The first-order chi connectivity index (χ1) is 9.52. The molecule has 6 heteroatoms. The van der Waals surface area contributed by atoms with Crippen LogP contribution >= 0.6 is 24.0 Å². The molecule has 0 unspecified atom stereocenters. The molecule has 0 aliphatic rings. The van der Waals surface area contributed by atoms with E-state index in [-0.39, 0.29) is 29.8 Å². The molecule has 1 rings (SSSR count). The van der Waals surface area contributed by atoms with Crippen LogP contribution in [0.4, 0.5) is 4.39 Å². The van der Waals surface area contributed by atoms with Crippen molar-refractivity contribution in [2.24, 2.45) is 4.99 Å². The molecule has 1 aromatic rings. The molecule has 0 bridgehead atoms. The Morgan fingerprint density at radius 1 is 1.29 bits per heavy atom. The first-order valence-electron chi connectivity index (χ1n) is 6.87. The summed E-state index contributed by atoms with van der Waals surface area (Å²) in [4.78, 5) is 6.29. The number of aliphatic imine (C=N–C) groups is 1. The highest BCUT2D eigenvalue weighted by Crippen LogP contribution is 2.08. The molecule has 0 aliphatic heterocycles.